The number of hydrogen-bond acceptors (Lipinski definition) is 4. The molecule has 1 fully saturated rings. The first-order chi connectivity index (χ1) is 12.5. The van der Waals surface area contributed by atoms with Gasteiger partial charge in [0.1, 0.15) is 5.75 Å². The number of non-ortho nitro benzene ring substituents is 1. The van der Waals surface area contributed by atoms with E-state index in [1.54, 1.807) is 31.4 Å². The van der Waals surface area contributed by atoms with Crippen LogP contribution >= 0.6 is 0 Å². The smallest absolute Gasteiger partial charge is 0.269 e. The van der Waals surface area contributed by atoms with Crippen molar-refractivity contribution < 1.29 is 14.5 Å². The Morgan fingerprint density at radius 1 is 1.04 bits per heavy atom. The molecule has 1 amide bonds. The van der Waals surface area contributed by atoms with Gasteiger partial charge in [-0.25, -0.2) is 0 Å². The van der Waals surface area contributed by atoms with Gasteiger partial charge in [0, 0.05) is 17.8 Å². The van der Waals surface area contributed by atoms with Crippen LogP contribution in [0.1, 0.15) is 37.7 Å². The van der Waals surface area contributed by atoms with E-state index in [9.17, 15) is 14.9 Å². The predicted molar refractivity (Wildman–Crippen MR) is 99.5 cm³/mol. The zero-order valence-electron chi connectivity index (χ0n) is 14.7. The number of nitrogens with one attached hydrogen (secondary N) is 1. The Bertz CT molecular complexity index is 778. The van der Waals surface area contributed by atoms with Gasteiger partial charge in [-0.2, -0.15) is 0 Å². The van der Waals surface area contributed by atoms with Gasteiger partial charge in [-0.05, 0) is 42.7 Å². The average molecular weight is 354 g/mol. The van der Waals surface area contributed by atoms with E-state index >= 15 is 0 Å². The minimum atomic E-state index is -0.646. The molecule has 0 unspecified atom stereocenters. The zero-order valence-corrected chi connectivity index (χ0v) is 14.7. The molecular formula is C20H22N2O4. The number of amides is 1. The number of carbonyl (C=O) groups is 1. The number of methoxy groups -OCH3 is 1. The van der Waals surface area contributed by atoms with E-state index < -0.39 is 10.3 Å². The molecule has 0 bridgehead atoms. The third-order valence-corrected chi connectivity index (χ3v) is 5.12. The van der Waals surface area contributed by atoms with Crippen LogP contribution in [0.15, 0.2) is 48.5 Å². The number of anilines is 1. The highest BCUT2D eigenvalue weighted by atomic mass is 16.6. The summed E-state index contributed by atoms with van der Waals surface area (Å²) in [6, 6.07) is 13.6. The van der Waals surface area contributed by atoms with Crippen molar-refractivity contribution in [3.8, 4) is 5.75 Å². The Balaban J connectivity index is 1.88. The predicted octanol–water partition coefficient (Wildman–Crippen LogP) is 4.44. The summed E-state index contributed by atoms with van der Waals surface area (Å²) >= 11 is 0. The molecule has 2 aromatic rings. The third kappa shape index (κ3) is 3.54. The second-order valence-electron chi connectivity index (χ2n) is 6.63. The van der Waals surface area contributed by atoms with Crippen molar-refractivity contribution >= 4 is 17.3 Å². The van der Waals surface area contributed by atoms with E-state index in [1.807, 2.05) is 12.1 Å². The van der Waals surface area contributed by atoms with Gasteiger partial charge < -0.3 is 10.1 Å². The Labute approximate surface area is 152 Å². The highest BCUT2D eigenvalue weighted by Gasteiger charge is 2.41. The van der Waals surface area contributed by atoms with Crippen molar-refractivity contribution in [1.29, 1.82) is 0 Å². The molecular weight excluding hydrogens is 332 g/mol. The lowest BCUT2D eigenvalue weighted by Crippen LogP contribution is -2.42. The van der Waals surface area contributed by atoms with Crippen molar-refractivity contribution in [3.05, 3.63) is 64.2 Å². The number of rotatable bonds is 5. The molecule has 6 heteroatoms. The van der Waals surface area contributed by atoms with Crippen LogP contribution in [0, 0.1) is 10.1 Å². The van der Waals surface area contributed by atoms with E-state index in [-0.39, 0.29) is 11.6 Å². The van der Waals surface area contributed by atoms with Gasteiger partial charge >= 0.3 is 0 Å². The standard InChI is InChI=1S/C20H22N2O4/c1-26-18-11-7-16(8-12-18)21-19(23)20(13-3-2-4-14-20)15-5-9-17(10-6-15)22(24)25/h5-12H,2-4,13-14H2,1H3,(H,21,23). The summed E-state index contributed by atoms with van der Waals surface area (Å²) in [5.41, 5.74) is 0.944. The molecule has 3 rings (SSSR count). The van der Waals surface area contributed by atoms with Crippen LogP contribution in [0.3, 0.4) is 0 Å². The largest absolute Gasteiger partial charge is 0.497 e. The van der Waals surface area contributed by atoms with Crippen molar-refractivity contribution in [2.45, 2.75) is 37.5 Å². The van der Waals surface area contributed by atoms with Gasteiger partial charge in [0.25, 0.3) is 5.69 Å². The third-order valence-electron chi connectivity index (χ3n) is 5.12. The number of benzene rings is 2. The van der Waals surface area contributed by atoms with Gasteiger partial charge in [0.05, 0.1) is 17.4 Å². The highest BCUT2D eigenvalue weighted by Crippen LogP contribution is 2.41. The second kappa shape index (κ2) is 7.56. The fraction of sp³-hybridized carbons (Fsp3) is 0.350. The molecule has 136 valence electrons. The summed E-state index contributed by atoms with van der Waals surface area (Å²) in [5, 5.41) is 13.9. The Morgan fingerprint density at radius 3 is 2.19 bits per heavy atom. The number of hydrogen-bond donors (Lipinski definition) is 1. The van der Waals surface area contributed by atoms with Crippen LogP contribution in [-0.2, 0) is 10.2 Å². The van der Waals surface area contributed by atoms with Crippen LogP contribution in [-0.4, -0.2) is 17.9 Å². The van der Waals surface area contributed by atoms with E-state index in [4.69, 9.17) is 4.74 Å². The zero-order chi connectivity index (χ0) is 18.6. The van der Waals surface area contributed by atoms with Crippen LogP contribution in [0.4, 0.5) is 11.4 Å². The number of carbonyl (C=O) groups excluding carboxylic acids is 1. The fourth-order valence-electron chi connectivity index (χ4n) is 3.63. The molecule has 0 aliphatic heterocycles. The fourth-order valence-corrected chi connectivity index (χ4v) is 3.63. The molecule has 1 N–H and O–H groups in total. The maximum absolute atomic E-state index is 13.2. The molecule has 2 aromatic carbocycles. The first-order valence-corrected chi connectivity index (χ1v) is 8.76. The van der Waals surface area contributed by atoms with Crippen molar-refractivity contribution in [3.63, 3.8) is 0 Å². The highest BCUT2D eigenvalue weighted by molar-refractivity contribution is 5.99. The molecule has 0 saturated heterocycles. The molecule has 1 saturated carbocycles. The van der Waals surface area contributed by atoms with Crippen molar-refractivity contribution in [2.75, 3.05) is 12.4 Å². The molecule has 0 spiro atoms. The van der Waals surface area contributed by atoms with Crippen molar-refractivity contribution in [2.24, 2.45) is 0 Å². The number of ether oxygens (including phenoxy) is 1. The molecule has 0 heterocycles. The lowest BCUT2D eigenvalue weighted by atomic mass is 9.68. The minimum Gasteiger partial charge on any atom is -0.497 e. The van der Waals surface area contributed by atoms with Gasteiger partial charge in [0.2, 0.25) is 5.91 Å². The summed E-state index contributed by atoms with van der Waals surface area (Å²) in [6.07, 6.45) is 4.52. The molecule has 26 heavy (non-hydrogen) atoms. The Morgan fingerprint density at radius 2 is 1.65 bits per heavy atom. The maximum Gasteiger partial charge on any atom is 0.269 e. The lowest BCUT2D eigenvalue weighted by Gasteiger charge is -2.36. The summed E-state index contributed by atoms with van der Waals surface area (Å²) < 4.78 is 5.14. The molecule has 1 aliphatic carbocycles. The van der Waals surface area contributed by atoms with Gasteiger partial charge in [0.15, 0.2) is 0 Å². The average Bonchev–Trinajstić information content (AvgIpc) is 2.69. The van der Waals surface area contributed by atoms with Crippen LogP contribution in [0.2, 0.25) is 0 Å². The first kappa shape index (κ1) is 17.9. The molecule has 0 aromatic heterocycles. The van der Waals surface area contributed by atoms with Crippen molar-refractivity contribution in [1.82, 2.24) is 0 Å². The monoisotopic (exact) mass is 354 g/mol. The van der Waals surface area contributed by atoms with E-state index in [1.165, 1.54) is 12.1 Å². The van der Waals surface area contributed by atoms with Crippen LogP contribution in [0.25, 0.3) is 0 Å². The molecule has 0 atom stereocenters. The molecule has 6 nitrogen and oxygen atoms in total. The Kier molecular flexibility index (Phi) is 5.21. The molecule has 0 radical (unpaired) electrons. The lowest BCUT2D eigenvalue weighted by molar-refractivity contribution is -0.384. The van der Waals surface area contributed by atoms with Crippen LogP contribution in [0.5, 0.6) is 5.75 Å². The summed E-state index contributed by atoms with van der Waals surface area (Å²) in [7, 11) is 1.60. The maximum atomic E-state index is 13.2. The number of nitrogens with zero attached hydrogens (tertiary/aromatic N) is 1. The second-order valence-corrected chi connectivity index (χ2v) is 6.63. The van der Waals surface area contributed by atoms with Gasteiger partial charge in [-0.3, -0.25) is 14.9 Å². The summed E-state index contributed by atoms with van der Waals surface area (Å²) in [6.45, 7) is 0. The van der Waals surface area contributed by atoms with E-state index in [0.29, 0.717) is 5.69 Å². The molecule has 1 aliphatic rings. The number of nitro benzene ring substituents is 1. The first-order valence-electron chi connectivity index (χ1n) is 8.76. The number of nitro groups is 1. The summed E-state index contributed by atoms with van der Waals surface area (Å²) in [5.74, 6) is 0.668. The van der Waals surface area contributed by atoms with E-state index in [2.05, 4.69) is 5.32 Å². The van der Waals surface area contributed by atoms with Gasteiger partial charge in [-0.15, -0.1) is 0 Å². The normalized spacial score (nSPS) is 15.9. The van der Waals surface area contributed by atoms with Crippen LogP contribution < -0.4 is 10.1 Å². The quantitative estimate of drug-likeness (QED) is 0.635. The van der Waals surface area contributed by atoms with Gasteiger partial charge in [-0.1, -0.05) is 31.4 Å². The summed E-state index contributed by atoms with van der Waals surface area (Å²) in [4.78, 5) is 23.7. The topological polar surface area (TPSA) is 81.5 Å². The Hall–Kier alpha value is -2.89. The SMILES string of the molecule is COc1ccc(NC(=O)C2(c3ccc([N+](=O)[O-])cc3)CCCCC2)cc1. The minimum absolute atomic E-state index is 0.0373. The van der Waals surface area contributed by atoms with E-state index in [0.717, 1.165) is 43.4 Å².